The third-order valence-corrected chi connectivity index (χ3v) is 3.59. The molecule has 1 aliphatic heterocycles. The van der Waals surface area contributed by atoms with Crippen LogP contribution >= 0.6 is 0 Å². The Morgan fingerprint density at radius 1 is 1.20 bits per heavy atom. The van der Waals surface area contributed by atoms with Crippen LogP contribution in [0.15, 0.2) is 24.3 Å². The van der Waals surface area contributed by atoms with E-state index in [0.29, 0.717) is 12.1 Å². The molecule has 1 fully saturated rings. The van der Waals surface area contributed by atoms with Crippen molar-refractivity contribution in [3.8, 4) is 5.75 Å². The maximum absolute atomic E-state index is 12.4. The summed E-state index contributed by atoms with van der Waals surface area (Å²) in [5.41, 5.74) is 6.79. The molecule has 1 saturated heterocycles. The Labute approximate surface area is 118 Å². The van der Waals surface area contributed by atoms with Crippen molar-refractivity contribution in [3.63, 3.8) is 0 Å². The molecule has 6 heteroatoms. The molecule has 1 aromatic rings. The van der Waals surface area contributed by atoms with Crippen molar-refractivity contribution in [2.24, 2.45) is 5.73 Å². The predicted molar refractivity (Wildman–Crippen MR) is 73.9 cm³/mol. The van der Waals surface area contributed by atoms with Crippen LogP contribution in [0, 0.1) is 0 Å². The third kappa shape index (κ3) is 4.13. The molecule has 20 heavy (non-hydrogen) atoms. The Hall–Kier alpha value is -1.24. The molecule has 2 rings (SSSR count). The summed E-state index contributed by atoms with van der Waals surface area (Å²) < 4.78 is 29.3. The Kier molecular flexibility index (Phi) is 5.28. The number of para-hydroxylation sites is 1. The van der Waals surface area contributed by atoms with Crippen LogP contribution in [-0.4, -0.2) is 56.2 Å². The molecule has 0 saturated carbocycles. The molecule has 0 radical (unpaired) electrons. The first-order valence-electron chi connectivity index (χ1n) is 6.76. The SMILES string of the molecule is CN1CCN(CC(N)c2ccccc2OC(F)F)CC1. The molecule has 2 N–H and O–H groups in total. The maximum atomic E-state index is 12.4. The fourth-order valence-electron chi connectivity index (χ4n) is 2.40. The van der Waals surface area contributed by atoms with Gasteiger partial charge in [-0.1, -0.05) is 18.2 Å². The van der Waals surface area contributed by atoms with Crippen LogP contribution in [0.3, 0.4) is 0 Å². The zero-order chi connectivity index (χ0) is 14.5. The standard InChI is InChI=1S/C14H21F2N3O/c1-18-6-8-19(9-7-18)10-12(17)11-4-2-3-5-13(11)20-14(15)16/h2-5,12,14H,6-10,17H2,1H3. The number of piperazine rings is 1. The Bertz CT molecular complexity index is 423. The summed E-state index contributed by atoms with van der Waals surface area (Å²) >= 11 is 0. The van der Waals surface area contributed by atoms with Gasteiger partial charge in [0.1, 0.15) is 5.75 Å². The van der Waals surface area contributed by atoms with E-state index in [0.717, 1.165) is 26.2 Å². The largest absolute Gasteiger partial charge is 0.434 e. The highest BCUT2D eigenvalue weighted by Crippen LogP contribution is 2.25. The summed E-state index contributed by atoms with van der Waals surface area (Å²) in [4.78, 5) is 4.51. The van der Waals surface area contributed by atoms with Gasteiger partial charge in [-0.25, -0.2) is 0 Å². The lowest BCUT2D eigenvalue weighted by molar-refractivity contribution is -0.0507. The number of nitrogens with zero attached hydrogens (tertiary/aromatic N) is 2. The van der Waals surface area contributed by atoms with Gasteiger partial charge in [0, 0.05) is 44.3 Å². The van der Waals surface area contributed by atoms with Gasteiger partial charge in [0.25, 0.3) is 0 Å². The van der Waals surface area contributed by atoms with Gasteiger partial charge in [0.2, 0.25) is 0 Å². The quantitative estimate of drug-likeness (QED) is 0.891. The molecule has 1 aliphatic rings. The van der Waals surface area contributed by atoms with Crippen molar-refractivity contribution >= 4 is 0 Å². The van der Waals surface area contributed by atoms with E-state index in [9.17, 15) is 8.78 Å². The molecule has 4 nitrogen and oxygen atoms in total. The van der Waals surface area contributed by atoms with Crippen LogP contribution in [0.4, 0.5) is 8.78 Å². The lowest BCUT2D eigenvalue weighted by Crippen LogP contribution is -2.46. The monoisotopic (exact) mass is 285 g/mol. The number of benzene rings is 1. The summed E-state index contributed by atoms with van der Waals surface area (Å²) in [5, 5.41) is 0. The molecule has 1 unspecified atom stereocenters. The second kappa shape index (κ2) is 6.97. The summed E-state index contributed by atoms with van der Waals surface area (Å²) in [6, 6.07) is 6.42. The van der Waals surface area contributed by atoms with Crippen LogP contribution in [-0.2, 0) is 0 Å². The van der Waals surface area contributed by atoms with Crippen molar-refractivity contribution in [1.29, 1.82) is 0 Å². The predicted octanol–water partition coefficient (Wildman–Crippen LogP) is 1.54. The van der Waals surface area contributed by atoms with E-state index in [1.807, 2.05) is 0 Å². The minimum absolute atomic E-state index is 0.170. The first kappa shape index (κ1) is 15.2. The summed E-state index contributed by atoms with van der Waals surface area (Å²) in [7, 11) is 2.09. The van der Waals surface area contributed by atoms with Gasteiger partial charge in [-0.15, -0.1) is 0 Å². The number of hydrogen-bond donors (Lipinski definition) is 1. The molecule has 0 aliphatic carbocycles. The van der Waals surface area contributed by atoms with Crippen LogP contribution in [0.25, 0.3) is 0 Å². The highest BCUT2D eigenvalue weighted by atomic mass is 19.3. The summed E-state index contributed by atoms with van der Waals surface area (Å²) in [5.74, 6) is 0.170. The van der Waals surface area contributed by atoms with Gasteiger partial charge in [0.05, 0.1) is 0 Å². The topological polar surface area (TPSA) is 41.7 Å². The fourth-order valence-corrected chi connectivity index (χ4v) is 2.40. The van der Waals surface area contributed by atoms with Gasteiger partial charge in [-0.05, 0) is 13.1 Å². The molecule has 0 aromatic heterocycles. The Morgan fingerprint density at radius 2 is 1.85 bits per heavy atom. The van der Waals surface area contributed by atoms with E-state index in [2.05, 4.69) is 21.6 Å². The van der Waals surface area contributed by atoms with Crippen LogP contribution in [0.2, 0.25) is 0 Å². The average Bonchev–Trinajstić information content (AvgIpc) is 2.41. The fraction of sp³-hybridized carbons (Fsp3) is 0.571. The van der Waals surface area contributed by atoms with E-state index in [4.69, 9.17) is 5.73 Å². The van der Waals surface area contributed by atoms with Gasteiger partial charge >= 0.3 is 6.61 Å². The number of rotatable bonds is 5. The zero-order valence-corrected chi connectivity index (χ0v) is 11.6. The van der Waals surface area contributed by atoms with Crippen LogP contribution < -0.4 is 10.5 Å². The molecule has 1 heterocycles. The van der Waals surface area contributed by atoms with E-state index in [1.54, 1.807) is 18.2 Å². The zero-order valence-electron chi connectivity index (χ0n) is 11.6. The molecular weight excluding hydrogens is 264 g/mol. The van der Waals surface area contributed by atoms with E-state index < -0.39 is 6.61 Å². The summed E-state index contributed by atoms with van der Waals surface area (Å²) in [6.07, 6.45) is 0. The second-order valence-electron chi connectivity index (χ2n) is 5.13. The van der Waals surface area contributed by atoms with Crippen molar-refractivity contribution in [2.75, 3.05) is 39.8 Å². The molecule has 0 amide bonds. The van der Waals surface area contributed by atoms with Gasteiger partial charge in [-0.2, -0.15) is 8.78 Å². The molecule has 0 bridgehead atoms. The number of ether oxygens (including phenoxy) is 1. The highest BCUT2D eigenvalue weighted by molar-refractivity contribution is 5.36. The van der Waals surface area contributed by atoms with Crippen LogP contribution in [0.1, 0.15) is 11.6 Å². The Balaban J connectivity index is 1.99. The summed E-state index contributed by atoms with van der Waals surface area (Å²) in [6.45, 7) is 1.72. The smallest absolute Gasteiger partial charge is 0.387 e. The van der Waals surface area contributed by atoms with Gasteiger partial charge in [0.15, 0.2) is 0 Å². The second-order valence-corrected chi connectivity index (χ2v) is 5.13. The van der Waals surface area contributed by atoms with Gasteiger partial charge in [-0.3, -0.25) is 4.90 Å². The molecule has 112 valence electrons. The number of likely N-dealkylation sites (N-methyl/N-ethyl adjacent to an activating group) is 1. The normalized spacial score (nSPS) is 19.2. The maximum Gasteiger partial charge on any atom is 0.387 e. The lowest BCUT2D eigenvalue weighted by atomic mass is 10.1. The lowest BCUT2D eigenvalue weighted by Gasteiger charge is -2.34. The van der Waals surface area contributed by atoms with Gasteiger partial charge < -0.3 is 15.4 Å². The third-order valence-electron chi connectivity index (χ3n) is 3.59. The van der Waals surface area contributed by atoms with Crippen molar-refractivity contribution in [2.45, 2.75) is 12.7 Å². The van der Waals surface area contributed by atoms with Crippen molar-refractivity contribution in [3.05, 3.63) is 29.8 Å². The molecule has 0 spiro atoms. The molecular formula is C14H21F2N3O. The highest BCUT2D eigenvalue weighted by Gasteiger charge is 2.20. The first-order valence-corrected chi connectivity index (χ1v) is 6.76. The molecule has 1 aromatic carbocycles. The van der Waals surface area contributed by atoms with E-state index in [1.165, 1.54) is 6.07 Å². The first-order chi connectivity index (χ1) is 9.56. The minimum atomic E-state index is -2.83. The van der Waals surface area contributed by atoms with E-state index >= 15 is 0 Å². The van der Waals surface area contributed by atoms with Crippen molar-refractivity contribution in [1.82, 2.24) is 9.80 Å². The Morgan fingerprint density at radius 3 is 2.50 bits per heavy atom. The number of nitrogens with two attached hydrogens (primary N) is 1. The minimum Gasteiger partial charge on any atom is -0.434 e. The number of alkyl halides is 2. The number of halogens is 2. The van der Waals surface area contributed by atoms with Crippen molar-refractivity contribution < 1.29 is 13.5 Å². The average molecular weight is 285 g/mol. The molecule has 1 atom stereocenters. The van der Waals surface area contributed by atoms with E-state index in [-0.39, 0.29) is 11.8 Å². The number of hydrogen-bond acceptors (Lipinski definition) is 4. The van der Waals surface area contributed by atoms with Crippen LogP contribution in [0.5, 0.6) is 5.75 Å².